The Labute approximate surface area is 143 Å². The van der Waals surface area contributed by atoms with E-state index >= 15 is 0 Å². The van der Waals surface area contributed by atoms with Crippen molar-refractivity contribution < 1.29 is 9.47 Å². The van der Waals surface area contributed by atoms with Crippen molar-refractivity contribution in [2.24, 2.45) is 10.7 Å². The molecule has 1 aliphatic rings. The maximum absolute atomic E-state index is 5.94. The van der Waals surface area contributed by atoms with Gasteiger partial charge in [-0.25, -0.2) is 0 Å². The molecule has 1 aliphatic heterocycles. The highest BCUT2D eigenvalue weighted by molar-refractivity contribution is 14.0. The molecular formula is C15H24IN3O2. The van der Waals surface area contributed by atoms with Gasteiger partial charge in [0.25, 0.3) is 0 Å². The molecule has 0 unspecified atom stereocenters. The van der Waals surface area contributed by atoms with E-state index in [1.807, 2.05) is 24.3 Å². The van der Waals surface area contributed by atoms with Gasteiger partial charge >= 0.3 is 0 Å². The number of guanidine groups is 1. The van der Waals surface area contributed by atoms with E-state index in [2.05, 4.69) is 16.8 Å². The molecule has 0 atom stereocenters. The molecule has 6 heteroatoms. The van der Waals surface area contributed by atoms with Gasteiger partial charge in [0.05, 0.1) is 19.8 Å². The van der Waals surface area contributed by atoms with Gasteiger partial charge in [-0.1, -0.05) is 17.7 Å². The highest BCUT2D eigenvalue weighted by Crippen LogP contribution is 2.11. The Bertz CT molecular complexity index is 431. The SMILES string of the molecule is Cc1ccc(OCCCN=C(N)N2CCOCC2)cc1.I. The van der Waals surface area contributed by atoms with Crippen molar-refractivity contribution in [3.8, 4) is 5.75 Å². The Morgan fingerprint density at radius 3 is 2.62 bits per heavy atom. The minimum atomic E-state index is 0. The lowest BCUT2D eigenvalue weighted by atomic mass is 10.2. The third-order valence-corrected chi connectivity index (χ3v) is 3.20. The number of aryl methyl sites for hydroxylation is 1. The average Bonchev–Trinajstić information content (AvgIpc) is 2.49. The molecular weight excluding hydrogens is 381 g/mol. The van der Waals surface area contributed by atoms with Crippen LogP contribution >= 0.6 is 24.0 Å². The van der Waals surface area contributed by atoms with Crippen LogP contribution in [0.15, 0.2) is 29.3 Å². The van der Waals surface area contributed by atoms with E-state index in [1.165, 1.54) is 5.56 Å². The highest BCUT2D eigenvalue weighted by Gasteiger charge is 2.11. The summed E-state index contributed by atoms with van der Waals surface area (Å²) in [7, 11) is 0. The zero-order chi connectivity index (χ0) is 14.2. The summed E-state index contributed by atoms with van der Waals surface area (Å²) >= 11 is 0. The Hall–Kier alpha value is -1.02. The summed E-state index contributed by atoms with van der Waals surface area (Å²) in [5.74, 6) is 1.52. The lowest BCUT2D eigenvalue weighted by Crippen LogP contribution is -2.44. The van der Waals surface area contributed by atoms with Crippen LogP contribution in [0.2, 0.25) is 0 Å². The molecule has 0 radical (unpaired) electrons. The molecule has 1 aromatic rings. The fourth-order valence-corrected chi connectivity index (χ4v) is 1.98. The number of morpholine rings is 1. The molecule has 0 amide bonds. The lowest BCUT2D eigenvalue weighted by Gasteiger charge is -2.27. The summed E-state index contributed by atoms with van der Waals surface area (Å²) in [6, 6.07) is 8.06. The highest BCUT2D eigenvalue weighted by atomic mass is 127. The third-order valence-electron chi connectivity index (χ3n) is 3.20. The normalized spacial score (nSPS) is 15.5. The predicted molar refractivity (Wildman–Crippen MR) is 95.6 cm³/mol. The number of nitrogens with two attached hydrogens (primary N) is 1. The molecule has 0 spiro atoms. The van der Waals surface area contributed by atoms with Crippen molar-refractivity contribution >= 4 is 29.9 Å². The molecule has 118 valence electrons. The molecule has 0 saturated carbocycles. The van der Waals surface area contributed by atoms with Crippen molar-refractivity contribution in [3.05, 3.63) is 29.8 Å². The van der Waals surface area contributed by atoms with Crippen LogP contribution in [0.5, 0.6) is 5.75 Å². The van der Waals surface area contributed by atoms with Crippen LogP contribution in [-0.2, 0) is 4.74 Å². The Balaban J connectivity index is 0.00000220. The van der Waals surface area contributed by atoms with E-state index < -0.39 is 0 Å². The van der Waals surface area contributed by atoms with E-state index in [1.54, 1.807) is 0 Å². The number of hydrogen-bond acceptors (Lipinski definition) is 3. The zero-order valence-electron chi connectivity index (χ0n) is 12.5. The maximum Gasteiger partial charge on any atom is 0.191 e. The van der Waals surface area contributed by atoms with E-state index in [4.69, 9.17) is 15.2 Å². The van der Waals surface area contributed by atoms with Gasteiger partial charge in [0.15, 0.2) is 5.96 Å². The number of benzene rings is 1. The number of hydrogen-bond donors (Lipinski definition) is 1. The number of halogens is 1. The Morgan fingerprint density at radius 1 is 1.29 bits per heavy atom. The zero-order valence-corrected chi connectivity index (χ0v) is 14.8. The fraction of sp³-hybridized carbons (Fsp3) is 0.533. The van der Waals surface area contributed by atoms with Gasteiger partial charge in [-0.15, -0.1) is 24.0 Å². The first-order valence-corrected chi connectivity index (χ1v) is 7.08. The number of ether oxygens (including phenoxy) is 2. The second-order valence-corrected chi connectivity index (χ2v) is 4.85. The summed E-state index contributed by atoms with van der Waals surface area (Å²) < 4.78 is 10.9. The van der Waals surface area contributed by atoms with Gasteiger partial charge in [0.1, 0.15) is 5.75 Å². The van der Waals surface area contributed by atoms with E-state index in [-0.39, 0.29) is 24.0 Å². The van der Waals surface area contributed by atoms with Gasteiger partial charge in [0, 0.05) is 26.1 Å². The van der Waals surface area contributed by atoms with Gasteiger partial charge in [0.2, 0.25) is 0 Å². The second-order valence-electron chi connectivity index (χ2n) is 4.85. The largest absolute Gasteiger partial charge is 0.494 e. The van der Waals surface area contributed by atoms with E-state index in [9.17, 15) is 0 Å². The van der Waals surface area contributed by atoms with Gasteiger partial charge < -0.3 is 20.1 Å². The molecule has 1 fully saturated rings. The smallest absolute Gasteiger partial charge is 0.191 e. The molecule has 5 nitrogen and oxygen atoms in total. The van der Waals surface area contributed by atoms with Crippen LogP contribution in [-0.4, -0.2) is 50.3 Å². The van der Waals surface area contributed by atoms with Crippen LogP contribution < -0.4 is 10.5 Å². The first-order chi connectivity index (χ1) is 9.75. The number of rotatable bonds is 5. The summed E-state index contributed by atoms with van der Waals surface area (Å²) in [6.07, 6.45) is 0.860. The van der Waals surface area contributed by atoms with Crippen LogP contribution in [0.1, 0.15) is 12.0 Å². The van der Waals surface area contributed by atoms with Crippen LogP contribution in [0.25, 0.3) is 0 Å². The average molecular weight is 405 g/mol. The third kappa shape index (κ3) is 6.52. The summed E-state index contributed by atoms with van der Waals surface area (Å²) in [4.78, 5) is 6.44. The molecule has 0 aromatic heterocycles. The topological polar surface area (TPSA) is 60.1 Å². The Kier molecular flexibility index (Phi) is 8.44. The van der Waals surface area contributed by atoms with E-state index in [0.717, 1.165) is 38.5 Å². The lowest BCUT2D eigenvalue weighted by molar-refractivity contribution is 0.0674. The molecule has 2 rings (SSSR count). The maximum atomic E-state index is 5.94. The molecule has 21 heavy (non-hydrogen) atoms. The summed E-state index contributed by atoms with van der Waals surface area (Å²) in [5, 5.41) is 0. The predicted octanol–water partition coefficient (Wildman–Crippen LogP) is 2.03. The fourth-order valence-electron chi connectivity index (χ4n) is 1.98. The van der Waals surface area contributed by atoms with Crippen molar-refractivity contribution in [3.63, 3.8) is 0 Å². The first kappa shape index (κ1) is 18.0. The van der Waals surface area contributed by atoms with Gasteiger partial charge in [-0.2, -0.15) is 0 Å². The quantitative estimate of drug-likeness (QED) is 0.353. The monoisotopic (exact) mass is 405 g/mol. The number of nitrogens with zero attached hydrogens (tertiary/aromatic N) is 2. The molecule has 1 saturated heterocycles. The second kappa shape index (κ2) is 9.83. The molecule has 0 aliphatic carbocycles. The summed E-state index contributed by atoms with van der Waals surface area (Å²) in [6.45, 7) is 6.52. The number of aliphatic imine (C=N–C) groups is 1. The molecule has 1 aromatic carbocycles. The molecule has 2 N–H and O–H groups in total. The Morgan fingerprint density at radius 2 is 1.95 bits per heavy atom. The molecule has 1 heterocycles. The van der Waals surface area contributed by atoms with Crippen LogP contribution in [0.4, 0.5) is 0 Å². The van der Waals surface area contributed by atoms with Crippen molar-refractivity contribution in [1.82, 2.24) is 4.90 Å². The van der Waals surface area contributed by atoms with Crippen LogP contribution in [0, 0.1) is 6.92 Å². The van der Waals surface area contributed by atoms with Gasteiger partial charge in [-0.3, -0.25) is 4.99 Å². The van der Waals surface area contributed by atoms with E-state index in [0.29, 0.717) is 19.1 Å². The van der Waals surface area contributed by atoms with Crippen molar-refractivity contribution in [2.75, 3.05) is 39.5 Å². The molecule has 0 bridgehead atoms. The standard InChI is InChI=1S/C15H23N3O2.HI/c1-13-3-5-14(6-4-13)20-10-2-7-17-15(16)18-8-11-19-12-9-18;/h3-6H,2,7-12H2,1H3,(H2,16,17);1H. The minimum absolute atomic E-state index is 0. The van der Waals surface area contributed by atoms with Crippen molar-refractivity contribution in [1.29, 1.82) is 0 Å². The van der Waals surface area contributed by atoms with Crippen molar-refractivity contribution in [2.45, 2.75) is 13.3 Å². The van der Waals surface area contributed by atoms with Gasteiger partial charge in [-0.05, 0) is 19.1 Å². The minimum Gasteiger partial charge on any atom is -0.494 e. The first-order valence-electron chi connectivity index (χ1n) is 7.08. The van der Waals surface area contributed by atoms with Crippen LogP contribution in [0.3, 0.4) is 0 Å². The summed E-state index contributed by atoms with van der Waals surface area (Å²) in [5.41, 5.74) is 7.17.